The van der Waals surface area contributed by atoms with Crippen molar-refractivity contribution in [2.45, 2.75) is 27.1 Å². The fraction of sp³-hybridized carbons (Fsp3) is 0.444. The largest absolute Gasteiger partial charge is 0.573 e. The molecular weight excluding hydrogens is 195 g/mol. The summed E-state index contributed by atoms with van der Waals surface area (Å²) >= 11 is 0. The summed E-state index contributed by atoms with van der Waals surface area (Å²) < 4.78 is 39.8. The van der Waals surface area contributed by atoms with Crippen molar-refractivity contribution >= 4 is 0 Å². The second-order valence-corrected chi connectivity index (χ2v) is 3.03. The Kier molecular flexibility index (Phi) is 2.69. The first-order chi connectivity index (χ1) is 6.31. The zero-order valence-electron chi connectivity index (χ0n) is 8.07. The maximum atomic E-state index is 12.0. The molecule has 0 saturated carbocycles. The second kappa shape index (κ2) is 3.48. The summed E-state index contributed by atoms with van der Waals surface area (Å²) in [4.78, 5) is 3.80. The number of ether oxygens (including phenoxy) is 1. The fourth-order valence-corrected chi connectivity index (χ4v) is 1.07. The monoisotopic (exact) mass is 205 g/mol. The number of aryl methyl sites for hydroxylation is 2. The van der Waals surface area contributed by atoms with Crippen molar-refractivity contribution in [1.82, 2.24) is 4.98 Å². The third-order valence-electron chi connectivity index (χ3n) is 1.93. The Morgan fingerprint density at radius 2 is 1.79 bits per heavy atom. The third-order valence-corrected chi connectivity index (χ3v) is 1.93. The zero-order chi connectivity index (χ0) is 10.9. The van der Waals surface area contributed by atoms with E-state index < -0.39 is 6.36 Å². The van der Waals surface area contributed by atoms with Crippen LogP contribution in [0.3, 0.4) is 0 Å². The smallest absolute Gasteiger partial charge is 0.404 e. The summed E-state index contributed by atoms with van der Waals surface area (Å²) in [5.41, 5.74) is 1.38. The topological polar surface area (TPSA) is 22.1 Å². The number of halogens is 3. The molecule has 0 aliphatic carbocycles. The molecule has 0 aliphatic rings. The highest BCUT2D eigenvalue weighted by molar-refractivity contribution is 5.40. The van der Waals surface area contributed by atoms with Crippen molar-refractivity contribution < 1.29 is 17.9 Å². The Bertz CT molecular complexity index is 347. The Morgan fingerprint density at radius 3 is 2.29 bits per heavy atom. The molecule has 14 heavy (non-hydrogen) atoms. The van der Waals surface area contributed by atoms with Crippen LogP contribution < -0.4 is 4.74 Å². The minimum Gasteiger partial charge on any atom is -0.404 e. The van der Waals surface area contributed by atoms with Gasteiger partial charge in [0.25, 0.3) is 0 Å². The minimum absolute atomic E-state index is 0.197. The third kappa shape index (κ3) is 2.37. The molecule has 0 aromatic carbocycles. The predicted octanol–water partition coefficient (Wildman–Crippen LogP) is 2.91. The summed E-state index contributed by atoms with van der Waals surface area (Å²) in [7, 11) is 0. The van der Waals surface area contributed by atoms with Gasteiger partial charge in [0.15, 0.2) is 5.75 Å². The lowest BCUT2D eigenvalue weighted by Gasteiger charge is -2.14. The molecule has 0 atom stereocenters. The molecule has 0 N–H and O–H groups in total. The predicted molar refractivity (Wildman–Crippen MR) is 45.1 cm³/mol. The molecule has 0 spiro atoms. The van der Waals surface area contributed by atoms with Crippen molar-refractivity contribution in [2.24, 2.45) is 0 Å². The van der Waals surface area contributed by atoms with E-state index in [1.165, 1.54) is 13.1 Å². The van der Waals surface area contributed by atoms with Gasteiger partial charge in [-0.2, -0.15) is 0 Å². The van der Waals surface area contributed by atoms with E-state index in [4.69, 9.17) is 0 Å². The van der Waals surface area contributed by atoms with E-state index in [0.29, 0.717) is 11.1 Å². The van der Waals surface area contributed by atoms with Crippen LogP contribution in [0.1, 0.15) is 16.8 Å². The van der Waals surface area contributed by atoms with Crippen LogP contribution in [-0.4, -0.2) is 11.3 Å². The van der Waals surface area contributed by atoms with Crippen LogP contribution in [-0.2, 0) is 0 Å². The molecule has 0 saturated heterocycles. The molecule has 78 valence electrons. The van der Waals surface area contributed by atoms with E-state index in [1.807, 2.05) is 0 Å². The molecule has 0 fully saturated rings. The molecule has 0 bridgehead atoms. The molecular formula is C9H10F3NO. The molecule has 1 rings (SSSR count). The quantitative estimate of drug-likeness (QED) is 0.703. The van der Waals surface area contributed by atoms with Gasteiger partial charge in [-0.15, -0.1) is 13.2 Å². The minimum atomic E-state index is -4.66. The van der Waals surface area contributed by atoms with Gasteiger partial charge in [-0.1, -0.05) is 0 Å². The number of aromatic nitrogens is 1. The number of alkyl halides is 3. The summed E-state index contributed by atoms with van der Waals surface area (Å²) in [6.45, 7) is 4.74. The number of hydrogen-bond acceptors (Lipinski definition) is 2. The highest BCUT2D eigenvalue weighted by Crippen LogP contribution is 2.29. The van der Waals surface area contributed by atoms with Crippen LogP contribution in [0, 0.1) is 20.8 Å². The van der Waals surface area contributed by atoms with Gasteiger partial charge in [-0.3, -0.25) is 4.98 Å². The summed E-state index contributed by atoms with van der Waals surface area (Å²) in [5.74, 6) is -0.197. The van der Waals surface area contributed by atoms with Crippen molar-refractivity contribution in [3.63, 3.8) is 0 Å². The summed E-state index contributed by atoms with van der Waals surface area (Å²) in [6, 6.07) is 0. The van der Waals surface area contributed by atoms with Gasteiger partial charge < -0.3 is 4.74 Å². The maximum Gasteiger partial charge on any atom is 0.573 e. The molecule has 5 heteroatoms. The lowest BCUT2D eigenvalue weighted by Crippen LogP contribution is -2.19. The first-order valence-electron chi connectivity index (χ1n) is 4.00. The Hall–Kier alpha value is -1.26. The van der Waals surface area contributed by atoms with E-state index in [2.05, 4.69) is 9.72 Å². The molecule has 1 aromatic rings. The van der Waals surface area contributed by atoms with Gasteiger partial charge >= 0.3 is 6.36 Å². The average molecular weight is 205 g/mol. The summed E-state index contributed by atoms with van der Waals surface area (Å²) in [5, 5.41) is 0. The van der Waals surface area contributed by atoms with Crippen LogP contribution in [0.4, 0.5) is 13.2 Å². The molecule has 0 amide bonds. The SMILES string of the molecule is Cc1cnc(C)c(OC(F)(F)F)c1C. The first kappa shape index (κ1) is 10.8. The van der Waals surface area contributed by atoms with E-state index >= 15 is 0 Å². The second-order valence-electron chi connectivity index (χ2n) is 3.03. The van der Waals surface area contributed by atoms with Gasteiger partial charge in [0.1, 0.15) is 0 Å². The molecule has 1 heterocycles. The van der Waals surface area contributed by atoms with Crippen LogP contribution in [0.25, 0.3) is 0 Å². The van der Waals surface area contributed by atoms with E-state index in [1.54, 1.807) is 13.8 Å². The van der Waals surface area contributed by atoms with Crippen LogP contribution in [0.2, 0.25) is 0 Å². The lowest BCUT2D eigenvalue weighted by atomic mass is 10.1. The van der Waals surface area contributed by atoms with Gasteiger partial charge in [0.05, 0.1) is 5.69 Å². The molecule has 0 aliphatic heterocycles. The molecule has 0 unspecified atom stereocenters. The van der Waals surface area contributed by atoms with E-state index in [9.17, 15) is 13.2 Å². The normalized spacial score (nSPS) is 11.6. The van der Waals surface area contributed by atoms with Crippen molar-refractivity contribution in [3.8, 4) is 5.75 Å². The van der Waals surface area contributed by atoms with Gasteiger partial charge in [0, 0.05) is 6.20 Å². The molecule has 1 aromatic heterocycles. The highest BCUT2D eigenvalue weighted by atomic mass is 19.4. The van der Waals surface area contributed by atoms with Crippen LogP contribution in [0.5, 0.6) is 5.75 Å². The molecule has 0 radical (unpaired) electrons. The van der Waals surface area contributed by atoms with Crippen LogP contribution >= 0.6 is 0 Å². The Morgan fingerprint density at radius 1 is 1.21 bits per heavy atom. The van der Waals surface area contributed by atoms with E-state index in [0.717, 1.165) is 0 Å². The van der Waals surface area contributed by atoms with Crippen LogP contribution in [0.15, 0.2) is 6.20 Å². The zero-order valence-corrected chi connectivity index (χ0v) is 8.07. The maximum absolute atomic E-state index is 12.0. The van der Waals surface area contributed by atoms with Gasteiger partial charge in [0.2, 0.25) is 0 Å². The van der Waals surface area contributed by atoms with Crippen molar-refractivity contribution in [2.75, 3.05) is 0 Å². The number of rotatable bonds is 1. The van der Waals surface area contributed by atoms with E-state index in [-0.39, 0.29) is 11.4 Å². The number of hydrogen-bond donors (Lipinski definition) is 0. The number of nitrogens with zero attached hydrogens (tertiary/aromatic N) is 1. The average Bonchev–Trinajstić information content (AvgIpc) is 2.04. The Labute approximate surface area is 79.7 Å². The fourth-order valence-electron chi connectivity index (χ4n) is 1.07. The lowest BCUT2D eigenvalue weighted by molar-refractivity contribution is -0.275. The summed E-state index contributed by atoms with van der Waals surface area (Å²) in [6.07, 6.45) is -3.14. The molecule has 2 nitrogen and oxygen atoms in total. The van der Waals surface area contributed by atoms with Crippen molar-refractivity contribution in [3.05, 3.63) is 23.0 Å². The standard InChI is InChI=1S/C9H10F3NO/c1-5-4-13-7(3)8(6(5)2)14-9(10,11)12/h4H,1-3H3. The number of pyridine rings is 1. The van der Waals surface area contributed by atoms with Gasteiger partial charge in [-0.05, 0) is 31.9 Å². The van der Waals surface area contributed by atoms with Gasteiger partial charge in [-0.25, -0.2) is 0 Å². The first-order valence-corrected chi connectivity index (χ1v) is 4.00. The Balaban J connectivity index is 3.13. The highest BCUT2D eigenvalue weighted by Gasteiger charge is 2.32. The van der Waals surface area contributed by atoms with Crippen molar-refractivity contribution in [1.29, 1.82) is 0 Å².